The molecule has 3 nitrogen and oxygen atoms in total. The summed E-state index contributed by atoms with van der Waals surface area (Å²) in [5.41, 5.74) is 0. The molecule has 2 saturated heterocycles. The maximum absolute atomic E-state index is 3.81. The van der Waals surface area contributed by atoms with Gasteiger partial charge in [0.1, 0.15) is 0 Å². The summed E-state index contributed by atoms with van der Waals surface area (Å²) in [4.78, 5) is 2.83. The summed E-state index contributed by atoms with van der Waals surface area (Å²) >= 11 is 0. The van der Waals surface area contributed by atoms with Crippen molar-refractivity contribution in [3.05, 3.63) is 0 Å². The average molecular weight is 237 g/mol. The summed E-state index contributed by atoms with van der Waals surface area (Å²) in [5.74, 6) is 1.81. The largest absolute Gasteiger partial charge is 0.314 e. The van der Waals surface area contributed by atoms with E-state index < -0.39 is 0 Å². The number of piperazine rings is 1. The molecular formula is C14H27N3. The van der Waals surface area contributed by atoms with Gasteiger partial charge in [-0.2, -0.15) is 0 Å². The van der Waals surface area contributed by atoms with E-state index >= 15 is 0 Å². The highest BCUT2D eigenvalue weighted by atomic mass is 15.3. The van der Waals surface area contributed by atoms with Gasteiger partial charge in [-0.05, 0) is 31.1 Å². The molecule has 2 unspecified atom stereocenters. The van der Waals surface area contributed by atoms with Crippen molar-refractivity contribution in [1.82, 2.24) is 15.5 Å². The highest BCUT2D eigenvalue weighted by Crippen LogP contribution is 2.41. The van der Waals surface area contributed by atoms with Crippen molar-refractivity contribution >= 4 is 0 Å². The minimum absolute atomic E-state index is 0.728. The first-order valence-electron chi connectivity index (χ1n) is 7.51. The van der Waals surface area contributed by atoms with Crippen molar-refractivity contribution in [2.75, 3.05) is 26.2 Å². The third kappa shape index (κ3) is 2.25. The van der Waals surface area contributed by atoms with Crippen LogP contribution in [0.25, 0.3) is 0 Å². The molecule has 0 spiro atoms. The highest BCUT2D eigenvalue weighted by Gasteiger charge is 2.45. The van der Waals surface area contributed by atoms with Gasteiger partial charge in [-0.3, -0.25) is 4.90 Å². The molecule has 3 heteroatoms. The van der Waals surface area contributed by atoms with Crippen molar-refractivity contribution in [3.63, 3.8) is 0 Å². The first kappa shape index (κ1) is 11.9. The van der Waals surface area contributed by atoms with Crippen LogP contribution in [0.5, 0.6) is 0 Å². The lowest BCUT2D eigenvalue weighted by atomic mass is 9.88. The van der Waals surface area contributed by atoms with E-state index in [1.54, 1.807) is 0 Å². The van der Waals surface area contributed by atoms with Crippen molar-refractivity contribution in [1.29, 1.82) is 0 Å². The number of hydrogen-bond donors (Lipinski definition) is 2. The molecule has 3 aliphatic rings. The Kier molecular flexibility index (Phi) is 3.42. The van der Waals surface area contributed by atoms with E-state index in [-0.39, 0.29) is 0 Å². The minimum Gasteiger partial charge on any atom is -0.314 e. The van der Waals surface area contributed by atoms with Gasteiger partial charge < -0.3 is 10.6 Å². The lowest BCUT2D eigenvalue weighted by Gasteiger charge is -2.42. The second kappa shape index (κ2) is 4.87. The quantitative estimate of drug-likeness (QED) is 0.752. The van der Waals surface area contributed by atoms with Crippen LogP contribution in [0.2, 0.25) is 0 Å². The van der Waals surface area contributed by atoms with Gasteiger partial charge in [-0.15, -0.1) is 0 Å². The van der Waals surface area contributed by atoms with Crippen LogP contribution < -0.4 is 10.6 Å². The van der Waals surface area contributed by atoms with Gasteiger partial charge in [0, 0.05) is 44.3 Å². The van der Waals surface area contributed by atoms with Gasteiger partial charge in [0.15, 0.2) is 0 Å². The SMILES string of the molecule is CCC1NCC2CNCCN2[C@@H](C2CC2)[C@@H]1C. The molecule has 98 valence electrons. The smallest absolute Gasteiger partial charge is 0.0349 e. The third-order valence-electron chi connectivity index (χ3n) is 5.11. The molecule has 0 radical (unpaired) electrons. The summed E-state index contributed by atoms with van der Waals surface area (Å²) in [6, 6.07) is 2.31. The topological polar surface area (TPSA) is 27.3 Å². The van der Waals surface area contributed by atoms with Crippen molar-refractivity contribution in [2.45, 2.75) is 51.2 Å². The number of nitrogens with zero attached hydrogens (tertiary/aromatic N) is 1. The Labute approximate surface area is 105 Å². The second-order valence-corrected chi connectivity index (χ2v) is 6.21. The molecular weight excluding hydrogens is 210 g/mol. The molecule has 2 aliphatic heterocycles. The second-order valence-electron chi connectivity index (χ2n) is 6.21. The zero-order chi connectivity index (χ0) is 11.8. The van der Waals surface area contributed by atoms with E-state index in [1.165, 1.54) is 45.4 Å². The first-order chi connectivity index (χ1) is 8.31. The van der Waals surface area contributed by atoms with Gasteiger partial charge in [0.25, 0.3) is 0 Å². The molecule has 4 atom stereocenters. The molecule has 0 aromatic rings. The van der Waals surface area contributed by atoms with Crippen molar-refractivity contribution < 1.29 is 0 Å². The van der Waals surface area contributed by atoms with E-state index in [2.05, 4.69) is 29.4 Å². The van der Waals surface area contributed by atoms with Crippen LogP contribution in [0.4, 0.5) is 0 Å². The van der Waals surface area contributed by atoms with E-state index in [9.17, 15) is 0 Å². The van der Waals surface area contributed by atoms with Crippen LogP contribution in [0.15, 0.2) is 0 Å². The Hall–Kier alpha value is -0.120. The van der Waals surface area contributed by atoms with E-state index in [0.29, 0.717) is 0 Å². The van der Waals surface area contributed by atoms with Crippen LogP contribution in [0.3, 0.4) is 0 Å². The number of rotatable bonds is 2. The van der Waals surface area contributed by atoms with Gasteiger partial charge in [0.2, 0.25) is 0 Å². The standard InChI is InChI=1S/C14H27N3/c1-3-13-10(2)14(11-4-5-11)17-7-6-15-8-12(17)9-16-13/h10-16H,3-9H2,1-2H3/t10-,12?,13?,14-/m1/s1. The normalized spacial score (nSPS) is 44.1. The Morgan fingerprint density at radius 3 is 2.76 bits per heavy atom. The fourth-order valence-corrected chi connectivity index (χ4v) is 4.03. The van der Waals surface area contributed by atoms with Crippen molar-refractivity contribution in [3.8, 4) is 0 Å². The lowest BCUT2D eigenvalue weighted by Crippen LogP contribution is -2.58. The van der Waals surface area contributed by atoms with E-state index in [4.69, 9.17) is 0 Å². The fourth-order valence-electron chi connectivity index (χ4n) is 4.03. The molecule has 2 N–H and O–H groups in total. The molecule has 3 fully saturated rings. The Balaban J connectivity index is 1.82. The molecule has 0 bridgehead atoms. The maximum Gasteiger partial charge on any atom is 0.0349 e. The minimum atomic E-state index is 0.728. The maximum atomic E-state index is 3.81. The Morgan fingerprint density at radius 1 is 1.24 bits per heavy atom. The van der Waals surface area contributed by atoms with Crippen LogP contribution in [-0.4, -0.2) is 49.2 Å². The highest BCUT2D eigenvalue weighted by molar-refractivity contribution is 5.01. The van der Waals surface area contributed by atoms with Crippen LogP contribution in [0, 0.1) is 11.8 Å². The molecule has 0 amide bonds. The molecule has 0 aromatic heterocycles. The van der Waals surface area contributed by atoms with Gasteiger partial charge in [-0.1, -0.05) is 13.8 Å². The molecule has 1 aliphatic carbocycles. The average Bonchev–Trinajstić information content (AvgIpc) is 3.16. The molecule has 0 aromatic carbocycles. The predicted molar refractivity (Wildman–Crippen MR) is 71.1 cm³/mol. The predicted octanol–water partition coefficient (Wildman–Crippen LogP) is 1.06. The van der Waals surface area contributed by atoms with Crippen LogP contribution in [0.1, 0.15) is 33.1 Å². The fraction of sp³-hybridized carbons (Fsp3) is 1.00. The summed E-state index contributed by atoms with van der Waals surface area (Å²) in [7, 11) is 0. The zero-order valence-corrected chi connectivity index (χ0v) is 11.3. The van der Waals surface area contributed by atoms with Crippen LogP contribution in [-0.2, 0) is 0 Å². The number of nitrogens with one attached hydrogen (secondary N) is 2. The van der Waals surface area contributed by atoms with Crippen LogP contribution >= 0.6 is 0 Å². The van der Waals surface area contributed by atoms with Gasteiger partial charge in [0.05, 0.1) is 0 Å². The summed E-state index contributed by atoms with van der Waals surface area (Å²) in [6.07, 6.45) is 4.22. The Bertz CT molecular complexity index is 264. The van der Waals surface area contributed by atoms with Gasteiger partial charge >= 0.3 is 0 Å². The summed E-state index contributed by atoms with van der Waals surface area (Å²) in [5, 5.41) is 7.37. The van der Waals surface area contributed by atoms with E-state index in [1.807, 2.05) is 0 Å². The zero-order valence-electron chi connectivity index (χ0n) is 11.3. The molecule has 1 saturated carbocycles. The van der Waals surface area contributed by atoms with E-state index in [0.717, 1.165) is 30.0 Å². The van der Waals surface area contributed by atoms with Crippen molar-refractivity contribution in [2.24, 2.45) is 11.8 Å². The number of fused-ring (bicyclic) bond motifs is 1. The monoisotopic (exact) mass is 237 g/mol. The molecule has 2 heterocycles. The lowest BCUT2D eigenvalue weighted by molar-refractivity contribution is 0.0750. The number of hydrogen-bond acceptors (Lipinski definition) is 3. The summed E-state index contributed by atoms with van der Waals surface area (Å²) in [6.45, 7) is 9.62. The molecule has 3 rings (SSSR count). The third-order valence-corrected chi connectivity index (χ3v) is 5.11. The van der Waals surface area contributed by atoms with Gasteiger partial charge in [-0.25, -0.2) is 0 Å². The summed E-state index contributed by atoms with van der Waals surface area (Å²) < 4.78 is 0. The molecule has 17 heavy (non-hydrogen) atoms. The first-order valence-corrected chi connectivity index (χ1v) is 7.51. The Morgan fingerprint density at radius 2 is 2.06 bits per heavy atom.